The quantitative estimate of drug-likeness (QED) is 0.905. The summed E-state index contributed by atoms with van der Waals surface area (Å²) in [5, 5.41) is 3.31. The monoisotopic (exact) mass is 296 g/mol. The van der Waals surface area contributed by atoms with Crippen molar-refractivity contribution in [3.8, 4) is 0 Å². The molecule has 0 unspecified atom stereocenters. The van der Waals surface area contributed by atoms with E-state index in [4.69, 9.17) is 0 Å². The second kappa shape index (κ2) is 5.66. The van der Waals surface area contributed by atoms with Gasteiger partial charge in [-0.3, -0.25) is 4.79 Å². The summed E-state index contributed by atoms with van der Waals surface area (Å²) in [4.78, 5) is 16.2. The van der Waals surface area contributed by atoms with E-state index in [9.17, 15) is 4.79 Å². The second-order valence-electron chi connectivity index (χ2n) is 4.88. The average molecular weight is 296 g/mol. The number of anilines is 2. The van der Waals surface area contributed by atoms with Gasteiger partial charge in [0.1, 0.15) is 0 Å². The lowest BCUT2D eigenvalue weighted by molar-refractivity contribution is -0.114. The molecule has 3 nitrogen and oxygen atoms in total. The largest absolute Gasteiger partial charge is 0.357 e. The van der Waals surface area contributed by atoms with Crippen molar-refractivity contribution in [2.45, 2.75) is 11.8 Å². The van der Waals surface area contributed by atoms with Gasteiger partial charge in [0.25, 0.3) is 5.91 Å². The molecule has 0 radical (unpaired) electrons. The molecule has 0 fully saturated rings. The van der Waals surface area contributed by atoms with E-state index >= 15 is 0 Å². The highest BCUT2D eigenvalue weighted by Crippen LogP contribution is 2.40. The van der Waals surface area contributed by atoms with Crippen molar-refractivity contribution in [3.63, 3.8) is 0 Å². The van der Waals surface area contributed by atoms with Crippen LogP contribution >= 0.6 is 11.8 Å². The van der Waals surface area contributed by atoms with Gasteiger partial charge in [0, 0.05) is 23.3 Å². The maximum absolute atomic E-state index is 12.7. The van der Waals surface area contributed by atoms with Crippen molar-refractivity contribution < 1.29 is 4.79 Å². The number of fused-ring (bicyclic) bond motifs is 1. The predicted molar refractivity (Wildman–Crippen MR) is 88.5 cm³/mol. The molecule has 0 bridgehead atoms. The lowest BCUT2D eigenvalue weighted by Crippen LogP contribution is -2.28. The molecule has 0 saturated carbocycles. The number of rotatable bonds is 2. The van der Waals surface area contributed by atoms with Gasteiger partial charge in [0.05, 0.1) is 10.6 Å². The van der Waals surface area contributed by atoms with Gasteiger partial charge in [-0.15, -0.1) is 0 Å². The summed E-state index contributed by atoms with van der Waals surface area (Å²) >= 11 is 1.52. The first kappa shape index (κ1) is 13.8. The zero-order valence-electron chi connectivity index (χ0n) is 12.0. The fourth-order valence-corrected chi connectivity index (χ4v) is 3.25. The summed E-state index contributed by atoms with van der Waals surface area (Å²) in [5.74, 6) is 0.00528. The molecule has 1 aliphatic heterocycles. The molecular weight excluding hydrogens is 280 g/mol. The molecule has 0 aliphatic carbocycles. The lowest BCUT2D eigenvalue weighted by Gasteiger charge is -2.25. The van der Waals surface area contributed by atoms with E-state index < -0.39 is 0 Å². The SMILES string of the molecule is CC1=C(C(=O)N(C)c2ccccc2)Sc2ccccc2N1. The second-order valence-corrected chi connectivity index (χ2v) is 5.93. The first-order valence-electron chi connectivity index (χ1n) is 6.74. The van der Waals surface area contributed by atoms with Gasteiger partial charge < -0.3 is 10.2 Å². The third-order valence-corrected chi connectivity index (χ3v) is 4.67. The summed E-state index contributed by atoms with van der Waals surface area (Å²) in [5.41, 5.74) is 2.84. The normalized spacial score (nSPS) is 13.4. The zero-order chi connectivity index (χ0) is 14.8. The topological polar surface area (TPSA) is 32.3 Å². The van der Waals surface area contributed by atoms with Crippen molar-refractivity contribution in [1.29, 1.82) is 0 Å². The molecule has 4 heteroatoms. The number of benzene rings is 2. The van der Waals surface area contributed by atoms with Crippen LogP contribution in [0.15, 0.2) is 70.1 Å². The zero-order valence-corrected chi connectivity index (χ0v) is 12.8. The molecule has 1 aliphatic rings. The van der Waals surface area contributed by atoms with E-state index in [1.54, 1.807) is 11.9 Å². The molecule has 0 saturated heterocycles. The summed E-state index contributed by atoms with van der Waals surface area (Å²) in [6.45, 7) is 1.94. The number of hydrogen-bond donors (Lipinski definition) is 1. The number of allylic oxidation sites excluding steroid dienone is 1. The number of nitrogens with zero attached hydrogens (tertiary/aromatic N) is 1. The summed E-state index contributed by atoms with van der Waals surface area (Å²) < 4.78 is 0. The van der Waals surface area contributed by atoms with E-state index in [-0.39, 0.29) is 5.91 Å². The Morgan fingerprint density at radius 2 is 1.71 bits per heavy atom. The fraction of sp³-hybridized carbons (Fsp3) is 0.118. The highest BCUT2D eigenvalue weighted by molar-refractivity contribution is 8.04. The van der Waals surface area contributed by atoms with Crippen LogP contribution in [0.25, 0.3) is 0 Å². The molecule has 3 rings (SSSR count). The summed E-state index contributed by atoms with van der Waals surface area (Å²) in [6.07, 6.45) is 0. The van der Waals surface area contributed by atoms with E-state index in [1.807, 2.05) is 61.5 Å². The van der Waals surface area contributed by atoms with Gasteiger partial charge in [-0.2, -0.15) is 0 Å². The lowest BCUT2D eigenvalue weighted by atomic mass is 10.2. The number of carbonyl (C=O) groups excluding carboxylic acids is 1. The Labute approximate surface area is 128 Å². The maximum Gasteiger partial charge on any atom is 0.266 e. The minimum Gasteiger partial charge on any atom is -0.357 e. The van der Waals surface area contributed by atoms with E-state index in [0.717, 1.165) is 26.9 Å². The van der Waals surface area contributed by atoms with Crippen LogP contribution in [-0.4, -0.2) is 13.0 Å². The number of carbonyl (C=O) groups is 1. The van der Waals surface area contributed by atoms with Crippen LogP contribution in [0.2, 0.25) is 0 Å². The number of para-hydroxylation sites is 2. The van der Waals surface area contributed by atoms with Crippen LogP contribution in [0.1, 0.15) is 6.92 Å². The molecule has 0 aromatic heterocycles. The number of likely N-dealkylation sites (N-methyl/N-ethyl adjacent to an activating group) is 1. The Bertz CT molecular complexity index is 710. The van der Waals surface area contributed by atoms with E-state index in [0.29, 0.717) is 0 Å². The summed E-state index contributed by atoms with van der Waals surface area (Å²) in [7, 11) is 1.80. The Balaban J connectivity index is 1.89. The van der Waals surface area contributed by atoms with Crippen molar-refractivity contribution in [1.82, 2.24) is 0 Å². The van der Waals surface area contributed by atoms with Crippen LogP contribution < -0.4 is 10.2 Å². The smallest absolute Gasteiger partial charge is 0.266 e. The number of thioether (sulfide) groups is 1. The Kier molecular flexibility index (Phi) is 3.71. The third kappa shape index (κ3) is 2.67. The number of amides is 1. The Morgan fingerprint density at radius 1 is 1.05 bits per heavy atom. The van der Waals surface area contributed by atoms with Gasteiger partial charge in [-0.25, -0.2) is 0 Å². The molecule has 2 aromatic carbocycles. The van der Waals surface area contributed by atoms with Gasteiger partial charge in [0.2, 0.25) is 0 Å². The first-order valence-corrected chi connectivity index (χ1v) is 7.56. The molecule has 1 N–H and O–H groups in total. The van der Waals surface area contributed by atoms with Crippen molar-refractivity contribution in [2.75, 3.05) is 17.3 Å². The van der Waals surface area contributed by atoms with Gasteiger partial charge in [-0.05, 0) is 31.2 Å². The minimum atomic E-state index is 0.00528. The third-order valence-electron chi connectivity index (χ3n) is 3.40. The summed E-state index contributed by atoms with van der Waals surface area (Å²) in [6, 6.07) is 17.7. The molecule has 0 atom stereocenters. The molecule has 2 aromatic rings. The molecule has 1 heterocycles. The van der Waals surface area contributed by atoms with Crippen molar-refractivity contribution in [3.05, 3.63) is 65.2 Å². The van der Waals surface area contributed by atoms with Crippen molar-refractivity contribution >= 4 is 29.0 Å². The molecule has 1 amide bonds. The molecule has 0 spiro atoms. The maximum atomic E-state index is 12.7. The Hall–Kier alpha value is -2.20. The Morgan fingerprint density at radius 3 is 2.48 bits per heavy atom. The predicted octanol–water partition coefficient (Wildman–Crippen LogP) is 4.10. The minimum absolute atomic E-state index is 0.00528. The van der Waals surface area contributed by atoms with Crippen LogP contribution in [0.5, 0.6) is 0 Å². The first-order chi connectivity index (χ1) is 10.2. The fourth-order valence-electron chi connectivity index (χ4n) is 2.23. The number of nitrogens with one attached hydrogen (secondary N) is 1. The highest BCUT2D eigenvalue weighted by Gasteiger charge is 2.24. The van der Waals surface area contributed by atoms with Gasteiger partial charge in [-0.1, -0.05) is 42.1 Å². The van der Waals surface area contributed by atoms with Crippen LogP contribution in [0.3, 0.4) is 0 Å². The van der Waals surface area contributed by atoms with Crippen molar-refractivity contribution in [2.24, 2.45) is 0 Å². The standard InChI is InChI=1S/C17H16N2OS/c1-12-16(21-15-11-7-6-10-14(15)18-12)17(20)19(2)13-8-4-3-5-9-13/h3-11,18H,1-2H3. The molecule has 106 valence electrons. The van der Waals surface area contributed by atoms with Crippen LogP contribution in [0, 0.1) is 0 Å². The van der Waals surface area contributed by atoms with Gasteiger partial charge >= 0.3 is 0 Å². The number of hydrogen-bond acceptors (Lipinski definition) is 3. The van der Waals surface area contributed by atoms with Crippen LogP contribution in [0.4, 0.5) is 11.4 Å². The van der Waals surface area contributed by atoms with Crippen LogP contribution in [-0.2, 0) is 4.79 Å². The van der Waals surface area contributed by atoms with E-state index in [1.165, 1.54) is 11.8 Å². The highest BCUT2D eigenvalue weighted by atomic mass is 32.2. The molecular formula is C17H16N2OS. The van der Waals surface area contributed by atoms with E-state index in [2.05, 4.69) is 5.32 Å². The molecule has 21 heavy (non-hydrogen) atoms. The van der Waals surface area contributed by atoms with Gasteiger partial charge in [0.15, 0.2) is 0 Å². The average Bonchev–Trinajstić information content (AvgIpc) is 2.53.